The highest BCUT2D eigenvalue weighted by molar-refractivity contribution is 6.36. The summed E-state index contributed by atoms with van der Waals surface area (Å²) in [5.41, 5.74) is 1.36. The molecule has 4 rings (SSSR count). The number of hydrogen-bond acceptors (Lipinski definition) is 4. The molecule has 5 nitrogen and oxygen atoms in total. The summed E-state index contributed by atoms with van der Waals surface area (Å²) >= 11 is 12.1. The molecule has 124 valence electrons. The zero-order valence-corrected chi connectivity index (χ0v) is 14.0. The molecule has 1 atom stereocenters. The molecule has 0 N–H and O–H groups in total. The van der Waals surface area contributed by atoms with Gasteiger partial charge in [0.25, 0.3) is 5.92 Å². The van der Waals surface area contributed by atoms with Crippen molar-refractivity contribution in [2.45, 2.75) is 18.4 Å². The highest BCUT2D eigenvalue weighted by Crippen LogP contribution is 2.35. The Morgan fingerprint density at radius 3 is 2.83 bits per heavy atom. The minimum atomic E-state index is -2.59. The molecule has 2 fully saturated rings. The molecule has 0 bridgehead atoms. The number of hydrogen-bond donors (Lipinski definition) is 0. The fourth-order valence-corrected chi connectivity index (χ4v) is 4.03. The van der Waals surface area contributed by atoms with Gasteiger partial charge in [-0.1, -0.05) is 23.2 Å². The Balaban J connectivity index is 1.68. The van der Waals surface area contributed by atoms with Crippen LogP contribution < -0.4 is 4.90 Å². The van der Waals surface area contributed by atoms with E-state index in [0.29, 0.717) is 36.3 Å². The third kappa shape index (κ3) is 2.55. The first kappa shape index (κ1) is 15.4. The van der Waals surface area contributed by atoms with Gasteiger partial charge < -0.3 is 9.47 Å². The highest BCUT2D eigenvalue weighted by Gasteiger charge is 2.47. The van der Waals surface area contributed by atoms with Gasteiger partial charge in [0.05, 0.1) is 12.1 Å². The van der Waals surface area contributed by atoms with Gasteiger partial charge in [-0.25, -0.2) is 18.7 Å². The summed E-state index contributed by atoms with van der Waals surface area (Å²) < 4.78 is 29.1. The van der Waals surface area contributed by atoms with Crippen LogP contribution in [0.4, 0.5) is 14.7 Å². The quantitative estimate of drug-likeness (QED) is 0.732. The Labute approximate surface area is 141 Å². The van der Waals surface area contributed by atoms with E-state index in [1.165, 1.54) is 0 Å². The first-order valence-corrected chi connectivity index (χ1v) is 8.15. The summed E-state index contributed by atoms with van der Waals surface area (Å²) in [5, 5.41) is 0.553. The second-order valence-electron chi connectivity index (χ2n) is 6.20. The van der Waals surface area contributed by atoms with Crippen molar-refractivity contribution in [3.63, 3.8) is 0 Å². The third-order valence-electron chi connectivity index (χ3n) is 4.63. The Morgan fingerprint density at radius 2 is 2.04 bits per heavy atom. The lowest BCUT2D eigenvalue weighted by atomic mass is 10.1. The second-order valence-corrected chi connectivity index (χ2v) is 6.95. The summed E-state index contributed by atoms with van der Waals surface area (Å²) in [6.07, 6.45) is -0.0957. The number of aromatic nitrogens is 3. The zero-order valence-electron chi connectivity index (χ0n) is 12.4. The van der Waals surface area contributed by atoms with Crippen LogP contribution in [0.15, 0.2) is 6.07 Å². The first-order valence-electron chi connectivity index (χ1n) is 7.39. The number of fused-ring (bicyclic) bond motifs is 2. The van der Waals surface area contributed by atoms with E-state index in [-0.39, 0.29) is 24.2 Å². The monoisotopic (exact) mass is 361 g/mol. The predicted molar refractivity (Wildman–Crippen MR) is 85.7 cm³/mol. The maximum absolute atomic E-state index is 13.6. The summed E-state index contributed by atoms with van der Waals surface area (Å²) in [6, 6.07) is 1.56. The van der Waals surface area contributed by atoms with Crippen LogP contribution in [0, 0.1) is 0 Å². The van der Waals surface area contributed by atoms with Crippen LogP contribution in [0.2, 0.25) is 10.3 Å². The maximum Gasteiger partial charge on any atom is 0.262 e. The van der Waals surface area contributed by atoms with E-state index in [9.17, 15) is 8.78 Å². The van der Waals surface area contributed by atoms with E-state index < -0.39 is 5.92 Å². The van der Waals surface area contributed by atoms with E-state index in [1.54, 1.807) is 6.07 Å². The smallest absolute Gasteiger partial charge is 0.262 e. The van der Waals surface area contributed by atoms with Crippen molar-refractivity contribution < 1.29 is 8.78 Å². The zero-order chi connectivity index (χ0) is 16.4. The average Bonchev–Trinajstić information content (AvgIpc) is 2.94. The Morgan fingerprint density at radius 1 is 1.26 bits per heavy atom. The van der Waals surface area contributed by atoms with Crippen LogP contribution in [-0.2, 0) is 7.05 Å². The summed E-state index contributed by atoms with van der Waals surface area (Å²) in [6.45, 7) is 1.66. The lowest BCUT2D eigenvalue weighted by molar-refractivity contribution is 0.0125. The largest absolute Gasteiger partial charge is 0.339 e. The predicted octanol–water partition coefficient (Wildman–Crippen LogP) is 2.80. The van der Waals surface area contributed by atoms with E-state index in [2.05, 4.69) is 9.97 Å². The van der Waals surface area contributed by atoms with Crippen LogP contribution >= 0.6 is 23.2 Å². The van der Waals surface area contributed by atoms with Crippen molar-refractivity contribution in [1.29, 1.82) is 0 Å². The number of imidazole rings is 1. The van der Waals surface area contributed by atoms with E-state index in [0.717, 1.165) is 5.52 Å². The van der Waals surface area contributed by atoms with Crippen LogP contribution in [0.3, 0.4) is 0 Å². The van der Waals surface area contributed by atoms with Gasteiger partial charge >= 0.3 is 0 Å². The third-order valence-corrected chi connectivity index (χ3v) is 5.09. The summed E-state index contributed by atoms with van der Waals surface area (Å²) in [4.78, 5) is 12.5. The molecule has 4 heterocycles. The molecule has 0 amide bonds. The number of nitrogens with zero attached hydrogens (tertiary/aromatic N) is 5. The number of halogens is 4. The van der Waals surface area contributed by atoms with Crippen molar-refractivity contribution in [2.24, 2.45) is 7.05 Å². The average molecular weight is 362 g/mol. The minimum absolute atomic E-state index is 0.0957. The van der Waals surface area contributed by atoms with Crippen LogP contribution in [-0.4, -0.2) is 57.6 Å². The van der Waals surface area contributed by atoms with Gasteiger partial charge in [0, 0.05) is 45.2 Å². The molecule has 2 aliphatic heterocycles. The molecule has 0 spiro atoms. The van der Waals surface area contributed by atoms with Crippen LogP contribution in [0.5, 0.6) is 0 Å². The molecular formula is C14H15Cl2F2N5. The summed E-state index contributed by atoms with van der Waals surface area (Å²) in [7, 11) is 1.87. The standard InChI is InChI=1S/C14H15Cl2F2N5/c1-21-9-4-10(15)19-12(16)11(9)20-13(21)22-2-3-23-7-14(17,18)5-8(23)6-22/h4,8H,2-3,5-7H2,1H3/t8-/m0/s1. The molecule has 2 aromatic heterocycles. The molecule has 0 radical (unpaired) electrons. The number of pyridine rings is 1. The Bertz CT molecular complexity index is 778. The number of aryl methyl sites for hydroxylation is 1. The molecular weight excluding hydrogens is 347 g/mol. The van der Waals surface area contributed by atoms with Crippen LogP contribution in [0.25, 0.3) is 11.0 Å². The van der Waals surface area contributed by atoms with Gasteiger partial charge in [-0.15, -0.1) is 0 Å². The van der Waals surface area contributed by atoms with Crippen LogP contribution in [0.1, 0.15) is 6.42 Å². The molecule has 9 heteroatoms. The van der Waals surface area contributed by atoms with E-state index in [4.69, 9.17) is 23.2 Å². The van der Waals surface area contributed by atoms with Crippen molar-refractivity contribution in [1.82, 2.24) is 19.4 Å². The van der Waals surface area contributed by atoms with Crippen molar-refractivity contribution in [3.05, 3.63) is 16.4 Å². The lowest BCUT2D eigenvalue weighted by Crippen LogP contribution is -2.50. The van der Waals surface area contributed by atoms with Gasteiger partial charge in [-0.3, -0.25) is 4.90 Å². The van der Waals surface area contributed by atoms with Crippen molar-refractivity contribution in [3.8, 4) is 0 Å². The lowest BCUT2D eigenvalue weighted by Gasteiger charge is -2.37. The van der Waals surface area contributed by atoms with Gasteiger partial charge in [0.1, 0.15) is 10.7 Å². The fraction of sp³-hybridized carbons (Fsp3) is 0.571. The normalized spacial score (nSPS) is 24.4. The molecule has 23 heavy (non-hydrogen) atoms. The van der Waals surface area contributed by atoms with Gasteiger partial charge in [0.15, 0.2) is 5.15 Å². The van der Waals surface area contributed by atoms with Crippen molar-refractivity contribution >= 4 is 40.2 Å². The SMILES string of the molecule is Cn1c(N2CCN3CC(F)(F)C[C@H]3C2)nc2c(Cl)nc(Cl)cc21. The topological polar surface area (TPSA) is 37.2 Å². The molecule has 0 aromatic carbocycles. The van der Waals surface area contributed by atoms with E-state index in [1.807, 2.05) is 21.4 Å². The van der Waals surface area contributed by atoms with E-state index >= 15 is 0 Å². The molecule has 0 saturated carbocycles. The number of piperazine rings is 1. The molecule has 2 saturated heterocycles. The maximum atomic E-state index is 13.6. The molecule has 2 aliphatic rings. The van der Waals surface area contributed by atoms with Crippen molar-refractivity contribution in [2.75, 3.05) is 31.1 Å². The Hall–Kier alpha value is -1.18. The molecule has 0 aliphatic carbocycles. The number of anilines is 1. The van der Waals surface area contributed by atoms with Gasteiger partial charge in [-0.2, -0.15) is 0 Å². The molecule has 0 unspecified atom stereocenters. The van der Waals surface area contributed by atoms with Gasteiger partial charge in [0.2, 0.25) is 5.95 Å². The fourth-order valence-electron chi connectivity index (χ4n) is 3.57. The molecule has 2 aromatic rings. The number of alkyl halides is 2. The number of rotatable bonds is 1. The summed E-state index contributed by atoms with van der Waals surface area (Å²) in [5.74, 6) is -1.88. The Kier molecular flexibility index (Phi) is 3.44. The first-order chi connectivity index (χ1) is 10.8. The van der Waals surface area contributed by atoms with Gasteiger partial charge in [-0.05, 0) is 0 Å². The highest BCUT2D eigenvalue weighted by atomic mass is 35.5. The minimum Gasteiger partial charge on any atom is -0.339 e. The second kappa shape index (κ2) is 5.16.